The molecular weight excluding hydrogens is 338 g/mol. The van der Waals surface area contributed by atoms with Crippen LogP contribution in [0.25, 0.3) is 5.69 Å². The fourth-order valence-electron chi connectivity index (χ4n) is 3.69. The fraction of sp³-hybridized carbons (Fsp3) is 0.556. The largest absolute Gasteiger partial charge is 0.333 e. The van der Waals surface area contributed by atoms with Gasteiger partial charge in [-0.15, -0.1) is 5.10 Å². The molecule has 0 unspecified atom stereocenters. The van der Waals surface area contributed by atoms with Crippen LogP contribution in [0.1, 0.15) is 56.8 Å². The Morgan fingerprint density at radius 1 is 1.32 bits per heavy atom. The molecule has 0 bridgehead atoms. The molecule has 1 heterocycles. The van der Waals surface area contributed by atoms with Crippen molar-refractivity contribution in [2.24, 2.45) is 0 Å². The second-order valence-corrected chi connectivity index (χ2v) is 7.15. The first-order chi connectivity index (χ1) is 12.0. The minimum atomic E-state index is -0.466. The van der Waals surface area contributed by atoms with Gasteiger partial charge in [-0.1, -0.05) is 43.9 Å². The van der Waals surface area contributed by atoms with Gasteiger partial charge in [0.25, 0.3) is 0 Å². The van der Waals surface area contributed by atoms with Crippen LogP contribution < -0.4 is 0 Å². The number of benzene rings is 1. The van der Waals surface area contributed by atoms with Gasteiger partial charge in [0.05, 0.1) is 5.69 Å². The average molecular weight is 362 g/mol. The van der Waals surface area contributed by atoms with Gasteiger partial charge in [-0.05, 0) is 47.9 Å². The van der Waals surface area contributed by atoms with E-state index in [2.05, 4.69) is 15.5 Å². The number of halogens is 1. The zero-order valence-electron chi connectivity index (χ0n) is 15.0. The van der Waals surface area contributed by atoms with Crippen LogP contribution in [0.3, 0.4) is 0 Å². The molecule has 0 radical (unpaired) electrons. The third kappa shape index (κ3) is 3.15. The highest BCUT2D eigenvalue weighted by atomic mass is 35.5. The number of aromatic nitrogens is 4. The minimum Gasteiger partial charge on any atom is -0.333 e. The van der Waals surface area contributed by atoms with Crippen LogP contribution in [0.15, 0.2) is 18.2 Å². The Kier molecular flexibility index (Phi) is 5.08. The third-order valence-corrected chi connectivity index (χ3v) is 5.69. The molecule has 6 nitrogen and oxygen atoms in total. The Morgan fingerprint density at radius 3 is 2.68 bits per heavy atom. The number of nitrogens with zero attached hydrogens (tertiary/aromatic N) is 5. The summed E-state index contributed by atoms with van der Waals surface area (Å²) in [4.78, 5) is 14.3. The first kappa shape index (κ1) is 17.9. The zero-order chi connectivity index (χ0) is 18.0. The van der Waals surface area contributed by atoms with Gasteiger partial charge in [-0.3, -0.25) is 4.79 Å². The molecule has 0 saturated heterocycles. The van der Waals surface area contributed by atoms with E-state index in [1.807, 2.05) is 44.0 Å². The number of carbonyl (C=O) groups is 1. The number of amides is 1. The molecule has 2 aromatic rings. The van der Waals surface area contributed by atoms with Gasteiger partial charge in [0.2, 0.25) is 5.91 Å². The molecule has 134 valence electrons. The fourth-order valence-corrected chi connectivity index (χ4v) is 3.86. The summed E-state index contributed by atoms with van der Waals surface area (Å²) in [5.74, 6) is 0.829. The summed E-state index contributed by atoms with van der Waals surface area (Å²) in [6.45, 7) is 3.85. The number of hydrogen-bond acceptors (Lipinski definition) is 4. The van der Waals surface area contributed by atoms with Crippen LogP contribution >= 0.6 is 11.6 Å². The maximum Gasteiger partial charge on any atom is 0.222 e. The van der Waals surface area contributed by atoms with Gasteiger partial charge >= 0.3 is 0 Å². The van der Waals surface area contributed by atoms with E-state index < -0.39 is 5.54 Å². The molecule has 7 heteroatoms. The highest BCUT2D eigenvalue weighted by Crippen LogP contribution is 2.41. The predicted molar refractivity (Wildman–Crippen MR) is 96.7 cm³/mol. The molecule has 0 aliphatic heterocycles. The predicted octanol–water partition coefficient (Wildman–Crippen LogP) is 3.65. The normalized spacial score (nSPS) is 16.6. The van der Waals surface area contributed by atoms with Gasteiger partial charge in [0, 0.05) is 18.5 Å². The lowest BCUT2D eigenvalue weighted by atomic mass is 9.79. The average Bonchev–Trinajstić information content (AvgIpc) is 3.13. The van der Waals surface area contributed by atoms with Crippen LogP contribution in [0.5, 0.6) is 0 Å². The molecule has 1 aromatic carbocycles. The Hall–Kier alpha value is -1.95. The molecule has 0 spiro atoms. The van der Waals surface area contributed by atoms with E-state index in [-0.39, 0.29) is 5.91 Å². The topological polar surface area (TPSA) is 63.9 Å². The first-order valence-electron chi connectivity index (χ1n) is 8.81. The summed E-state index contributed by atoms with van der Waals surface area (Å²) in [7, 11) is 1.87. The minimum absolute atomic E-state index is 0.110. The van der Waals surface area contributed by atoms with Crippen LogP contribution in [-0.4, -0.2) is 38.1 Å². The summed E-state index contributed by atoms with van der Waals surface area (Å²) in [6, 6.07) is 5.78. The maximum absolute atomic E-state index is 12.5. The van der Waals surface area contributed by atoms with E-state index in [0.717, 1.165) is 42.8 Å². The zero-order valence-corrected chi connectivity index (χ0v) is 15.8. The van der Waals surface area contributed by atoms with Gasteiger partial charge in [0.1, 0.15) is 5.54 Å². The Balaban J connectivity index is 2.10. The van der Waals surface area contributed by atoms with Crippen molar-refractivity contribution in [3.8, 4) is 5.69 Å². The van der Waals surface area contributed by atoms with E-state index in [1.54, 1.807) is 4.68 Å². The lowest BCUT2D eigenvalue weighted by Gasteiger charge is -2.43. The van der Waals surface area contributed by atoms with Gasteiger partial charge in [0.15, 0.2) is 5.82 Å². The molecule has 1 fully saturated rings. The summed E-state index contributed by atoms with van der Waals surface area (Å²) < 4.78 is 1.73. The Bertz CT molecular complexity index is 767. The van der Waals surface area contributed by atoms with Gasteiger partial charge in [-0.25, -0.2) is 0 Å². The SMILES string of the molecule is CCC(=O)N(C)C1(c2nnnn2-c2ccc(C)c(Cl)c2)CCCCC1. The van der Waals surface area contributed by atoms with Crippen LogP contribution in [-0.2, 0) is 10.3 Å². The van der Waals surface area contributed by atoms with Crippen molar-refractivity contribution in [3.05, 3.63) is 34.6 Å². The second-order valence-electron chi connectivity index (χ2n) is 6.75. The van der Waals surface area contributed by atoms with Crippen molar-refractivity contribution in [2.75, 3.05) is 7.05 Å². The van der Waals surface area contributed by atoms with E-state index in [4.69, 9.17) is 11.6 Å². The Labute approximate surface area is 153 Å². The van der Waals surface area contributed by atoms with Crippen molar-refractivity contribution in [1.29, 1.82) is 0 Å². The number of aryl methyl sites for hydroxylation is 1. The quantitative estimate of drug-likeness (QED) is 0.833. The molecule has 1 saturated carbocycles. The molecular formula is C18H24ClN5O. The van der Waals surface area contributed by atoms with Crippen molar-refractivity contribution in [2.45, 2.75) is 57.9 Å². The molecule has 3 rings (SSSR count). The van der Waals surface area contributed by atoms with Crippen molar-refractivity contribution < 1.29 is 4.79 Å². The number of tetrazole rings is 1. The standard InChI is InChI=1S/C18H24ClN5O/c1-4-16(25)23(3)18(10-6-5-7-11-18)17-20-21-22-24(17)14-9-8-13(2)15(19)12-14/h8-9,12H,4-7,10-11H2,1-3H3. The highest BCUT2D eigenvalue weighted by molar-refractivity contribution is 6.31. The summed E-state index contributed by atoms with van der Waals surface area (Å²) in [5.41, 5.74) is 1.36. The van der Waals surface area contributed by atoms with Crippen LogP contribution in [0.4, 0.5) is 0 Å². The summed E-state index contributed by atoms with van der Waals surface area (Å²) in [6.07, 6.45) is 5.50. The van der Waals surface area contributed by atoms with Gasteiger partial charge < -0.3 is 4.90 Å². The lowest BCUT2D eigenvalue weighted by Crippen LogP contribution is -2.49. The first-order valence-corrected chi connectivity index (χ1v) is 9.19. The van der Waals surface area contributed by atoms with Crippen LogP contribution in [0.2, 0.25) is 5.02 Å². The maximum atomic E-state index is 12.5. The number of carbonyl (C=O) groups excluding carboxylic acids is 1. The third-order valence-electron chi connectivity index (χ3n) is 5.29. The number of rotatable bonds is 4. The molecule has 1 aliphatic rings. The summed E-state index contributed by atoms with van der Waals surface area (Å²) >= 11 is 6.29. The van der Waals surface area contributed by atoms with Gasteiger partial charge in [-0.2, -0.15) is 4.68 Å². The molecule has 0 atom stereocenters. The molecule has 1 amide bonds. The second kappa shape index (κ2) is 7.12. The summed E-state index contributed by atoms with van der Waals surface area (Å²) in [5, 5.41) is 13.1. The number of hydrogen-bond donors (Lipinski definition) is 0. The van der Waals surface area contributed by atoms with Crippen molar-refractivity contribution in [1.82, 2.24) is 25.1 Å². The van der Waals surface area contributed by atoms with Crippen molar-refractivity contribution in [3.63, 3.8) is 0 Å². The molecule has 1 aliphatic carbocycles. The van der Waals surface area contributed by atoms with E-state index >= 15 is 0 Å². The van der Waals surface area contributed by atoms with E-state index in [9.17, 15) is 4.79 Å². The molecule has 0 N–H and O–H groups in total. The monoisotopic (exact) mass is 361 g/mol. The Morgan fingerprint density at radius 2 is 2.04 bits per heavy atom. The van der Waals surface area contributed by atoms with Crippen LogP contribution in [0, 0.1) is 6.92 Å². The van der Waals surface area contributed by atoms with Crippen molar-refractivity contribution >= 4 is 17.5 Å². The molecule has 25 heavy (non-hydrogen) atoms. The van der Waals surface area contributed by atoms with E-state index in [1.165, 1.54) is 6.42 Å². The smallest absolute Gasteiger partial charge is 0.222 e. The lowest BCUT2D eigenvalue weighted by molar-refractivity contribution is -0.137. The molecule has 1 aromatic heterocycles. The van der Waals surface area contributed by atoms with E-state index in [0.29, 0.717) is 11.4 Å². The highest BCUT2D eigenvalue weighted by Gasteiger charge is 2.44.